The van der Waals surface area contributed by atoms with Gasteiger partial charge in [-0.1, -0.05) is 19.9 Å². The van der Waals surface area contributed by atoms with E-state index in [0.29, 0.717) is 18.2 Å². The topological polar surface area (TPSA) is 15.3 Å². The molecule has 1 fully saturated rings. The first-order valence-corrected chi connectivity index (χ1v) is 6.02. The van der Waals surface area contributed by atoms with Gasteiger partial charge in [0.15, 0.2) is 11.6 Å². The van der Waals surface area contributed by atoms with Gasteiger partial charge >= 0.3 is 0 Å². The third-order valence-electron chi connectivity index (χ3n) is 3.29. The molecular formula is C13H18F2N2. The first-order chi connectivity index (χ1) is 8.11. The minimum absolute atomic E-state index is 0.208. The fraction of sp³-hybridized carbons (Fsp3) is 0.538. The van der Waals surface area contributed by atoms with Gasteiger partial charge < -0.3 is 10.2 Å². The summed E-state index contributed by atoms with van der Waals surface area (Å²) in [5.74, 6) is -1.12. The maximum absolute atomic E-state index is 13.8. The van der Waals surface area contributed by atoms with Crippen LogP contribution in [0.3, 0.4) is 0 Å². The van der Waals surface area contributed by atoms with Crippen molar-refractivity contribution in [1.29, 1.82) is 0 Å². The molecule has 0 amide bonds. The molecule has 1 N–H and O–H groups in total. The molecule has 1 unspecified atom stereocenters. The van der Waals surface area contributed by atoms with Crippen LogP contribution in [0.25, 0.3) is 0 Å². The smallest absolute Gasteiger partial charge is 0.182 e. The largest absolute Gasteiger partial charge is 0.363 e. The van der Waals surface area contributed by atoms with Gasteiger partial charge in [0.1, 0.15) is 0 Å². The molecule has 1 aliphatic heterocycles. The molecule has 0 aliphatic carbocycles. The van der Waals surface area contributed by atoms with Crippen LogP contribution in [-0.2, 0) is 0 Å². The lowest BCUT2D eigenvalue weighted by Crippen LogP contribution is -2.54. The minimum Gasteiger partial charge on any atom is -0.363 e. The number of hydrogen-bond acceptors (Lipinski definition) is 2. The Bertz CT molecular complexity index is 393. The number of nitrogens with zero attached hydrogens (tertiary/aromatic N) is 1. The van der Waals surface area contributed by atoms with Gasteiger partial charge in [0.2, 0.25) is 0 Å². The molecule has 0 aromatic heterocycles. The third kappa shape index (κ3) is 2.41. The summed E-state index contributed by atoms with van der Waals surface area (Å²) in [7, 11) is 0. The predicted molar refractivity (Wildman–Crippen MR) is 65.2 cm³/mol. The molecular weight excluding hydrogens is 222 g/mol. The number of nitrogens with one attached hydrogen (secondary N) is 1. The number of anilines is 1. The summed E-state index contributed by atoms with van der Waals surface area (Å²) < 4.78 is 27.0. The summed E-state index contributed by atoms with van der Waals surface area (Å²) in [6.07, 6.45) is 0. The summed E-state index contributed by atoms with van der Waals surface area (Å²) in [5.41, 5.74) is 0.380. The van der Waals surface area contributed by atoms with Crippen molar-refractivity contribution in [2.24, 2.45) is 5.92 Å². The number of rotatable bonds is 2. The lowest BCUT2D eigenvalue weighted by atomic mass is 9.99. The summed E-state index contributed by atoms with van der Waals surface area (Å²) in [6.45, 7) is 6.53. The summed E-state index contributed by atoms with van der Waals surface area (Å²) in [5, 5.41) is 3.29. The van der Waals surface area contributed by atoms with Crippen LogP contribution in [0.4, 0.5) is 14.5 Å². The lowest BCUT2D eigenvalue weighted by molar-refractivity contribution is 0.384. The normalized spacial score (nSPS) is 21.0. The quantitative estimate of drug-likeness (QED) is 0.854. The van der Waals surface area contributed by atoms with E-state index in [-0.39, 0.29) is 6.04 Å². The van der Waals surface area contributed by atoms with Crippen molar-refractivity contribution < 1.29 is 8.78 Å². The van der Waals surface area contributed by atoms with E-state index in [1.54, 1.807) is 12.1 Å². The van der Waals surface area contributed by atoms with E-state index in [2.05, 4.69) is 19.2 Å². The Morgan fingerprint density at radius 3 is 2.82 bits per heavy atom. The van der Waals surface area contributed by atoms with E-state index in [0.717, 1.165) is 19.2 Å². The van der Waals surface area contributed by atoms with Gasteiger partial charge in [0.25, 0.3) is 0 Å². The minimum atomic E-state index is -0.775. The molecule has 0 radical (unpaired) electrons. The number of hydrogen-bond donors (Lipinski definition) is 1. The summed E-state index contributed by atoms with van der Waals surface area (Å²) in [6, 6.07) is 4.58. The Morgan fingerprint density at radius 1 is 1.35 bits per heavy atom. The Kier molecular flexibility index (Phi) is 3.62. The molecule has 2 rings (SSSR count). The zero-order chi connectivity index (χ0) is 12.4. The maximum Gasteiger partial charge on any atom is 0.182 e. The summed E-state index contributed by atoms with van der Waals surface area (Å²) in [4.78, 5) is 1.97. The van der Waals surface area contributed by atoms with Crippen molar-refractivity contribution >= 4 is 5.69 Å². The highest BCUT2D eigenvalue weighted by Gasteiger charge is 2.27. The van der Waals surface area contributed by atoms with Gasteiger partial charge in [-0.05, 0) is 18.1 Å². The van der Waals surface area contributed by atoms with Crippen molar-refractivity contribution in [2.75, 3.05) is 24.5 Å². The van der Waals surface area contributed by atoms with Crippen LogP contribution in [0.2, 0.25) is 0 Å². The molecule has 1 atom stereocenters. The molecule has 0 saturated carbocycles. The standard InChI is InChI=1S/C13H18F2N2/c1-9(2)12-8-16-6-7-17(12)11-5-3-4-10(14)13(11)15/h3-5,9,12,16H,6-8H2,1-2H3. The van der Waals surface area contributed by atoms with E-state index in [4.69, 9.17) is 0 Å². The number of halogens is 2. The Hall–Kier alpha value is -1.16. The maximum atomic E-state index is 13.8. The highest BCUT2D eigenvalue weighted by molar-refractivity contribution is 5.49. The fourth-order valence-electron chi connectivity index (χ4n) is 2.33. The average molecular weight is 240 g/mol. The van der Waals surface area contributed by atoms with Gasteiger partial charge in [-0.3, -0.25) is 0 Å². The molecule has 1 aromatic carbocycles. The first kappa shape index (κ1) is 12.3. The van der Waals surface area contributed by atoms with Crippen molar-refractivity contribution in [3.05, 3.63) is 29.8 Å². The van der Waals surface area contributed by atoms with Crippen molar-refractivity contribution in [3.8, 4) is 0 Å². The predicted octanol–water partition coefficient (Wildman–Crippen LogP) is 2.40. The molecule has 94 valence electrons. The zero-order valence-electron chi connectivity index (χ0n) is 10.2. The fourth-order valence-corrected chi connectivity index (χ4v) is 2.33. The number of benzene rings is 1. The molecule has 1 saturated heterocycles. The third-order valence-corrected chi connectivity index (χ3v) is 3.29. The van der Waals surface area contributed by atoms with Crippen LogP contribution in [0.1, 0.15) is 13.8 Å². The van der Waals surface area contributed by atoms with Gasteiger partial charge in [-0.15, -0.1) is 0 Å². The van der Waals surface area contributed by atoms with E-state index < -0.39 is 11.6 Å². The van der Waals surface area contributed by atoms with E-state index in [1.807, 2.05) is 4.90 Å². The Labute approximate surface area is 101 Å². The van der Waals surface area contributed by atoms with Crippen molar-refractivity contribution in [2.45, 2.75) is 19.9 Å². The van der Waals surface area contributed by atoms with Gasteiger partial charge in [0, 0.05) is 25.7 Å². The average Bonchev–Trinajstić information content (AvgIpc) is 2.33. The van der Waals surface area contributed by atoms with Crippen LogP contribution < -0.4 is 10.2 Å². The van der Waals surface area contributed by atoms with Crippen LogP contribution in [0.5, 0.6) is 0 Å². The highest BCUT2D eigenvalue weighted by Crippen LogP contribution is 2.26. The van der Waals surface area contributed by atoms with Crippen LogP contribution in [-0.4, -0.2) is 25.7 Å². The molecule has 1 aromatic rings. The number of piperazine rings is 1. The monoisotopic (exact) mass is 240 g/mol. The second kappa shape index (κ2) is 5.00. The van der Waals surface area contributed by atoms with Crippen LogP contribution in [0.15, 0.2) is 18.2 Å². The van der Waals surface area contributed by atoms with Crippen molar-refractivity contribution in [3.63, 3.8) is 0 Å². The SMILES string of the molecule is CC(C)C1CNCCN1c1cccc(F)c1F. The zero-order valence-corrected chi connectivity index (χ0v) is 10.2. The second-order valence-corrected chi connectivity index (χ2v) is 4.78. The molecule has 17 heavy (non-hydrogen) atoms. The molecule has 1 heterocycles. The first-order valence-electron chi connectivity index (χ1n) is 6.02. The van der Waals surface area contributed by atoms with Gasteiger partial charge in [-0.2, -0.15) is 0 Å². The van der Waals surface area contributed by atoms with Crippen LogP contribution in [0, 0.1) is 17.6 Å². The summed E-state index contributed by atoms with van der Waals surface area (Å²) >= 11 is 0. The molecule has 1 aliphatic rings. The van der Waals surface area contributed by atoms with Gasteiger partial charge in [-0.25, -0.2) is 8.78 Å². The Morgan fingerprint density at radius 2 is 2.12 bits per heavy atom. The molecule has 0 spiro atoms. The van der Waals surface area contributed by atoms with Crippen LogP contribution >= 0.6 is 0 Å². The molecule has 0 bridgehead atoms. The van der Waals surface area contributed by atoms with E-state index >= 15 is 0 Å². The van der Waals surface area contributed by atoms with Gasteiger partial charge in [0.05, 0.1) is 5.69 Å². The van der Waals surface area contributed by atoms with Crippen molar-refractivity contribution in [1.82, 2.24) is 5.32 Å². The van der Waals surface area contributed by atoms with E-state index in [9.17, 15) is 8.78 Å². The second-order valence-electron chi connectivity index (χ2n) is 4.78. The lowest BCUT2D eigenvalue weighted by Gasteiger charge is -2.40. The molecule has 2 nitrogen and oxygen atoms in total. The molecule has 4 heteroatoms. The Balaban J connectivity index is 2.33. The highest BCUT2D eigenvalue weighted by atomic mass is 19.2. The van der Waals surface area contributed by atoms with E-state index in [1.165, 1.54) is 0 Å².